The van der Waals surface area contributed by atoms with Crippen molar-refractivity contribution in [2.75, 3.05) is 60.6 Å². The first-order valence-electron chi connectivity index (χ1n) is 17.8. The van der Waals surface area contributed by atoms with Crippen LogP contribution < -0.4 is 14.2 Å². The van der Waals surface area contributed by atoms with E-state index < -0.39 is 0 Å². The molecule has 0 saturated carbocycles. The summed E-state index contributed by atoms with van der Waals surface area (Å²) >= 11 is 3.36. The molecule has 51 heavy (non-hydrogen) atoms. The molecule has 3 unspecified atom stereocenters. The van der Waals surface area contributed by atoms with Crippen molar-refractivity contribution in [1.29, 1.82) is 0 Å². The molecule has 0 N–H and O–H groups in total. The number of aryl methyl sites for hydroxylation is 2. The number of aromatic nitrogens is 3. The van der Waals surface area contributed by atoms with Gasteiger partial charge in [-0.15, -0.1) is 0 Å². The lowest BCUT2D eigenvalue weighted by molar-refractivity contribution is 0.00578. The number of pyridine rings is 3. The Morgan fingerprint density at radius 3 is 1.24 bits per heavy atom. The van der Waals surface area contributed by atoms with Crippen LogP contribution in [-0.4, -0.2) is 127 Å². The van der Waals surface area contributed by atoms with Crippen molar-refractivity contribution in [3.05, 3.63) is 71.0 Å². The van der Waals surface area contributed by atoms with Gasteiger partial charge in [0.15, 0.2) is 0 Å². The Balaban J connectivity index is 0.000000154. The minimum Gasteiger partial charge on any atom is -0.490 e. The highest BCUT2D eigenvalue weighted by Crippen LogP contribution is 2.33. The Bertz CT molecular complexity index is 1340. The van der Waals surface area contributed by atoms with Gasteiger partial charge < -0.3 is 23.5 Å². The Labute approximate surface area is 314 Å². The highest BCUT2D eigenvalue weighted by molar-refractivity contribution is 9.10. The van der Waals surface area contributed by atoms with E-state index in [2.05, 4.69) is 66.7 Å². The van der Waals surface area contributed by atoms with Crippen LogP contribution in [0.4, 0.5) is 0 Å². The molecule has 3 aromatic rings. The minimum atomic E-state index is -0.188. The van der Waals surface area contributed by atoms with Gasteiger partial charge in [-0.05, 0) is 147 Å². The molecule has 3 atom stereocenters. The van der Waals surface area contributed by atoms with E-state index in [0.29, 0.717) is 18.1 Å². The molecule has 4 fully saturated rings. The van der Waals surface area contributed by atoms with E-state index >= 15 is 0 Å². The summed E-state index contributed by atoms with van der Waals surface area (Å²) in [4.78, 5) is 19.1. The van der Waals surface area contributed by atoms with E-state index in [-0.39, 0.29) is 11.2 Å². The molecule has 4 aliphatic heterocycles. The van der Waals surface area contributed by atoms with Crippen molar-refractivity contribution < 1.29 is 23.5 Å². The molecule has 7 heterocycles. The minimum absolute atomic E-state index is 0.187. The maximum atomic E-state index is 5.66. The second-order valence-electron chi connectivity index (χ2n) is 14.8. The molecule has 1 radical (unpaired) electrons. The fourth-order valence-corrected chi connectivity index (χ4v) is 5.49. The molecule has 0 aliphatic carbocycles. The predicted octanol–water partition coefficient (Wildman–Crippen LogP) is 6.00. The smallest absolute Gasteiger partial charge is 0.488 e. The van der Waals surface area contributed by atoms with E-state index in [1.165, 1.54) is 46.6 Å². The number of likely N-dealkylation sites (tertiary alicyclic amines) is 3. The van der Waals surface area contributed by atoms with Gasteiger partial charge in [0.2, 0.25) is 0 Å². The van der Waals surface area contributed by atoms with Crippen molar-refractivity contribution in [2.24, 2.45) is 0 Å². The highest BCUT2D eigenvalue weighted by atomic mass is 79.9. The van der Waals surface area contributed by atoms with Crippen LogP contribution in [0.5, 0.6) is 17.2 Å². The fraction of sp³-hybridized carbons (Fsp3) is 0.605. The molecule has 11 nitrogen and oxygen atoms in total. The van der Waals surface area contributed by atoms with E-state index in [1.54, 1.807) is 24.8 Å². The summed E-state index contributed by atoms with van der Waals surface area (Å²) in [6.07, 6.45) is 14.4. The Hall–Kier alpha value is -2.81. The van der Waals surface area contributed by atoms with Crippen molar-refractivity contribution in [2.45, 2.75) is 90.1 Å². The van der Waals surface area contributed by atoms with Crippen LogP contribution in [0.2, 0.25) is 0 Å². The summed E-state index contributed by atoms with van der Waals surface area (Å²) in [5, 5.41) is 0. The predicted molar refractivity (Wildman–Crippen MR) is 206 cm³/mol. The Morgan fingerprint density at radius 1 is 0.627 bits per heavy atom. The van der Waals surface area contributed by atoms with E-state index in [1.807, 2.05) is 72.1 Å². The van der Waals surface area contributed by atoms with E-state index in [0.717, 1.165) is 52.7 Å². The number of hydrogen-bond donors (Lipinski definition) is 0. The molecule has 0 aromatic carbocycles. The third-order valence-electron chi connectivity index (χ3n) is 10.2. The van der Waals surface area contributed by atoms with Crippen molar-refractivity contribution in [3.63, 3.8) is 0 Å². The van der Waals surface area contributed by atoms with Gasteiger partial charge in [0.25, 0.3) is 0 Å². The van der Waals surface area contributed by atoms with Gasteiger partial charge in [0, 0.05) is 41.2 Å². The lowest BCUT2D eigenvalue weighted by Crippen LogP contribution is -2.48. The van der Waals surface area contributed by atoms with Gasteiger partial charge in [-0.25, -0.2) is 0 Å². The van der Waals surface area contributed by atoms with Gasteiger partial charge in [0.1, 0.15) is 37.1 Å². The fourth-order valence-electron chi connectivity index (χ4n) is 5.15. The quantitative estimate of drug-likeness (QED) is 0.240. The summed E-state index contributed by atoms with van der Waals surface area (Å²) in [5.74, 6) is 2.59. The molecule has 13 heteroatoms. The van der Waals surface area contributed by atoms with Gasteiger partial charge in [-0.2, -0.15) is 0 Å². The van der Waals surface area contributed by atoms with Crippen molar-refractivity contribution >= 4 is 23.6 Å². The first-order chi connectivity index (χ1) is 24.2. The molecule has 0 spiro atoms. The largest absolute Gasteiger partial charge is 0.490 e. The summed E-state index contributed by atoms with van der Waals surface area (Å²) in [6.45, 7) is 18.0. The zero-order chi connectivity index (χ0) is 37.0. The van der Waals surface area contributed by atoms with Gasteiger partial charge in [-0.1, -0.05) is 0 Å². The Morgan fingerprint density at radius 2 is 0.980 bits per heavy atom. The SMILES string of the molecule is CC1(C)O[B]OC1(C)C.CN1CCC1COc1cncc(Br)c1.Cc1cncc(OCC2CCN2C)c1.Cc1cncc(OCC2CCN2C)c1. The second kappa shape index (κ2) is 19.3. The monoisotopic (exact) mass is 767 g/mol. The number of rotatable bonds is 9. The molecule has 0 bridgehead atoms. The van der Waals surface area contributed by atoms with Crippen molar-refractivity contribution in [3.8, 4) is 17.2 Å². The molecule has 279 valence electrons. The van der Waals surface area contributed by atoms with E-state index in [9.17, 15) is 0 Å². The molecular formula is C38H57BBrN6O5. The van der Waals surface area contributed by atoms with Crippen LogP contribution in [-0.2, 0) is 9.31 Å². The zero-order valence-corrected chi connectivity index (χ0v) is 33.6. The third-order valence-corrected chi connectivity index (χ3v) is 10.6. The van der Waals surface area contributed by atoms with Crippen LogP contribution in [0, 0.1) is 13.8 Å². The molecule has 3 aromatic heterocycles. The van der Waals surface area contributed by atoms with Gasteiger partial charge in [0.05, 0.1) is 29.8 Å². The lowest BCUT2D eigenvalue weighted by Gasteiger charge is -2.37. The zero-order valence-electron chi connectivity index (χ0n) is 32.0. The van der Waals surface area contributed by atoms with Crippen molar-refractivity contribution in [1.82, 2.24) is 29.7 Å². The van der Waals surface area contributed by atoms with Crippen LogP contribution >= 0.6 is 15.9 Å². The normalized spacial score (nSPS) is 23.1. The molecule has 7 rings (SSSR count). The maximum Gasteiger partial charge on any atom is 0.488 e. The maximum absolute atomic E-state index is 5.66. The summed E-state index contributed by atoms with van der Waals surface area (Å²) < 4.78 is 28.3. The summed E-state index contributed by atoms with van der Waals surface area (Å²) in [6, 6.07) is 7.74. The van der Waals surface area contributed by atoms with Gasteiger partial charge in [-0.3, -0.25) is 29.7 Å². The number of hydrogen-bond acceptors (Lipinski definition) is 11. The number of halogens is 1. The van der Waals surface area contributed by atoms with Crippen LogP contribution in [0.3, 0.4) is 0 Å². The average molecular weight is 769 g/mol. The summed E-state index contributed by atoms with van der Waals surface area (Å²) in [5.41, 5.74) is 1.91. The standard InChI is InChI=1S/2C11H16N2O.C10H13BrN2O.C6H12BO2/c2*1-9-5-11(7-12-6-9)14-8-10-3-4-13(10)2;1-13-3-2-9(13)7-14-10-4-8(11)5-12-6-10;1-5(2)6(3,4)9-7-8-5/h2*5-7,10H,3-4,8H2,1-2H3;4-6,9H,2-3,7H2,1H3;1-4H3. The topological polar surface area (TPSA) is 94.5 Å². The third kappa shape index (κ3) is 13.0. The van der Waals surface area contributed by atoms with Crippen LogP contribution in [0.1, 0.15) is 58.1 Å². The molecular weight excluding hydrogens is 711 g/mol. The molecule has 4 saturated heterocycles. The van der Waals surface area contributed by atoms with Gasteiger partial charge >= 0.3 is 7.69 Å². The molecule has 4 aliphatic rings. The first-order valence-corrected chi connectivity index (χ1v) is 18.6. The number of nitrogens with zero attached hydrogens (tertiary/aromatic N) is 6. The average Bonchev–Trinajstić information content (AvgIpc) is 3.32. The number of likely N-dealkylation sites (N-methyl/N-ethyl adjacent to an activating group) is 3. The van der Waals surface area contributed by atoms with Crippen LogP contribution in [0.25, 0.3) is 0 Å². The lowest BCUT2D eigenvalue weighted by atomic mass is 9.90. The van der Waals surface area contributed by atoms with Crippen LogP contribution in [0.15, 0.2) is 59.9 Å². The molecule has 0 amide bonds. The first kappa shape index (κ1) is 41.0. The Kier molecular flexibility index (Phi) is 15.5. The highest BCUT2D eigenvalue weighted by Gasteiger charge is 2.44. The number of ether oxygens (including phenoxy) is 3. The second-order valence-corrected chi connectivity index (χ2v) is 15.7. The summed E-state index contributed by atoms with van der Waals surface area (Å²) in [7, 11) is 7.80. The van der Waals surface area contributed by atoms with E-state index in [4.69, 9.17) is 23.5 Å².